The molecule has 1 amide bonds. The standard InChI is InChI=1S/C20H26N2O6/c1-19(2)8-14-9-20(3,11-19)12-21(14)17(23)10-28-18(24)13-5-6-16(27-4)15(7-13)22(25)26/h5-7,14H,8-12H2,1-4H3/t14-,20-/m0/s1. The van der Waals surface area contributed by atoms with Crippen molar-refractivity contribution in [1.29, 1.82) is 0 Å². The Morgan fingerprint density at radius 2 is 2.00 bits per heavy atom. The summed E-state index contributed by atoms with van der Waals surface area (Å²) >= 11 is 0. The van der Waals surface area contributed by atoms with Crippen molar-refractivity contribution in [3.63, 3.8) is 0 Å². The van der Waals surface area contributed by atoms with E-state index in [1.54, 1.807) is 0 Å². The van der Waals surface area contributed by atoms with Crippen LogP contribution in [0.15, 0.2) is 18.2 Å². The van der Waals surface area contributed by atoms with Gasteiger partial charge in [-0.15, -0.1) is 0 Å². The number of carbonyl (C=O) groups excluding carboxylic acids is 2. The quantitative estimate of drug-likeness (QED) is 0.435. The number of nitro benzene ring substituents is 1. The summed E-state index contributed by atoms with van der Waals surface area (Å²) in [6.45, 7) is 6.96. The highest BCUT2D eigenvalue weighted by Crippen LogP contribution is 2.52. The maximum atomic E-state index is 12.7. The highest BCUT2D eigenvalue weighted by atomic mass is 16.6. The summed E-state index contributed by atoms with van der Waals surface area (Å²) in [4.78, 5) is 37.2. The predicted octanol–water partition coefficient (Wildman–Crippen LogP) is 3.19. The van der Waals surface area contributed by atoms with Crippen molar-refractivity contribution in [2.24, 2.45) is 10.8 Å². The fourth-order valence-corrected chi connectivity index (χ4v) is 5.00. The smallest absolute Gasteiger partial charge is 0.338 e. The molecular weight excluding hydrogens is 364 g/mol. The molecule has 3 rings (SSSR count). The normalized spacial score (nSPS) is 25.3. The van der Waals surface area contributed by atoms with E-state index in [4.69, 9.17) is 9.47 Å². The Bertz CT molecular complexity index is 821. The van der Waals surface area contributed by atoms with E-state index in [1.165, 1.54) is 19.2 Å². The van der Waals surface area contributed by atoms with Crippen LogP contribution in [0.4, 0.5) is 5.69 Å². The lowest BCUT2D eigenvalue weighted by atomic mass is 9.65. The maximum Gasteiger partial charge on any atom is 0.338 e. The number of esters is 1. The van der Waals surface area contributed by atoms with Crippen LogP contribution >= 0.6 is 0 Å². The highest BCUT2D eigenvalue weighted by Gasteiger charge is 2.50. The Balaban J connectivity index is 1.65. The van der Waals surface area contributed by atoms with E-state index in [9.17, 15) is 19.7 Å². The number of hydrogen-bond donors (Lipinski definition) is 0. The van der Waals surface area contributed by atoms with Gasteiger partial charge in [0.05, 0.1) is 17.6 Å². The van der Waals surface area contributed by atoms with Gasteiger partial charge in [-0.05, 0) is 42.2 Å². The summed E-state index contributed by atoms with van der Waals surface area (Å²) in [7, 11) is 1.31. The van der Waals surface area contributed by atoms with Crippen molar-refractivity contribution in [2.75, 3.05) is 20.3 Å². The van der Waals surface area contributed by atoms with Crippen molar-refractivity contribution in [3.8, 4) is 5.75 Å². The first-order valence-electron chi connectivity index (χ1n) is 9.33. The predicted molar refractivity (Wildman–Crippen MR) is 101 cm³/mol. The van der Waals surface area contributed by atoms with E-state index >= 15 is 0 Å². The number of carbonyl (C=O) groups is 2. The molecule has 28 heavy (non-hydrogen) atoms. The number of nitro groups is 1. The molecule has 152 valence electrons. The maximum absolute atomic E-state index is 12.7. The van der Waals surface area contributed by atoms with Gasteiger partial charge in [-0.3, -0.25) is 14.9 Å². The molecule has 8 heteroatoms. The molecule has 0 N–H and O–H groups in total. The van der Waals surface area contributed by atoms with Gasteiger partial charge in [-0.1, -0.05) is 20.8 Å². The van der Waals surface area contributed by atoms with Crippen LogP contribution in [0.1, 0.15) is 50.4 Å². The molecule has 1 aromatic rings. The van der Waals surface area contributed by atoms with Gasteiger partial charge in [-0.25, -0.2) is 4.79 Å². The number of ether oxygens (including phenoxy) is 2. The molecule has 1 aliphatic carbocycles. The summed E-state index contributed by atoms with van der Waals surface area (Å²) in [5, 5.41) is 11.1. The van der Waals surface area contributed by atoms with E-state index in [1.807, 2.05) is 4.90 Å². The number of methoxy groups -OCH3 is 1. The van der Waals surface area contributed by atoms with Gasteiger partial charge < -0.3 is 14.4 Å². The van der Waals surface area contributed by atoms with Gasteiger partial charge >= 0.3 is 11.7 Å². The third kappa shape index (κ3) is 3.95. The Kier molecular flexibility index (Phi) is 5.08. The molecule has 1 saturated carbocycles. The largest absolute Gasteiger partial charge is 0.490 e. The van der Waals surface area contributed by atoms with E-state index in [0.717, 1.165) is 25.3 Å². The molecule has 2 fully saturated rings. The molecule has 2 bridgehead atoms. The number of amides is 1. The number of hydrogen-bond acceptors (Lipinski definition) is 6. The minimum atomic E-state index is -0.771. The van der Waals surface area contributed by atoms with Crippen LogP contribution in [-0.2, 0) is 9.53 Å². The Morgan fingerprint density at radius 3 is 2.64 bits per heavy atom. The van der Waals surface area contributed by atoms with Crippen molar-refractivity contribution >= 4 is 17.6 Å². The molecule has 1 saturated heterocycles. The van der Waals surface area contributed by atoms with Crippen molar-refractivity contribution < 1.29 is 24.0 Å². The Morgan fingerprint density at radius 1 is 1.29 bits per heavy atom. The summed E-state index contributed by atoms with van der Waals surface area (Å²) in [5.41, 5.74) is -0.0333. The minimum absolute atomic E-state index is 0.00793. The fourth-order valence-electron chi connectivity index (χ4n) is 5.00. The zero-order valence-corrected chi connectivity index (χ0v) is 16.7. The molecular formula is C20H26N2O6. The number of likely N-dealkylation sites (tertiary alicyclic amines) is 1. The lowest BCUT2D eigenvalue weighted by Crippen LogP contribution is -2.39. The summed E-state index contributed by atoms with van der Waals surface area (Å²) in [5.74, 6) is -0.937. The molecule has 8 nitrogen and oxygen atoms in total. The fraction of sp³-hybridized carbons (Fsp3) is 0.600. The second kappa shape index (κ2) is 7.07. The first-order chi connectivity index (χ1) is 13.0. The zero-order valence-electron chi connectivity index (χ0n) is 16.7. The molecule has 2 atom stereocenters. The van der Waals surface area contributed by atoms with Gasteiger partial charge in [0, 0.05) is 18.7 Å². The molecule has 0 unspecified atom stereocenters. The third-order valence-corrected chi connectivity index (χ3v) is 5.67. The van der Waals surface area contributed by atoms with E-state index in [-0.39, 0.29) is 46.4 Å². The van der Waals surface area contributed by atoms with Crippen LogP contribution < -0.4 is 4.74 Å². The third-order valence-electron chi connectivity index (χ3n) is 5.67. The average Bonchev–Trinajstić information content (AvgIpc) is 2.87. The number of nitrogens with zero attached hydrogens (tertiary/aromatic N) is 2. The molecule has 0 spiro atoms. The van der Waals surface area contributed by atoms with Crippen molar-refractivity contribution in [1.82, 2.24) is 4.90 Å². The van der Waals surface area contributed by atoms with Gasteiger partial charge in [-0.2, -0.15) is 0 Å². The number of rotatable bonds is 5. The summed E-state index contributed by atoms with van der Waals surface area (Å²) in [6, 6.07) is 3.98. The molecule has 1 heterocycles. The van der Waals surface area contributed by atoms with E-state index in [2.05, 4.69) is 20.8 Å². The van der Waals surface area contributed by atoms with E-state index < -0.39 is 10.9 Å². The minimum Gasteiger partial charge on any atom is -0.490 e. The first-order valence-corrected chi connectivity index (χ1v) is 9.33. The number of fused-ring (bicyclic) bond motifs is 2. The van der Waals surface area contributed by atoms with Crippen LogP contribution in [0, 0.1) is 20.9 Å². The van der Waals surface area contributed by atoms with Crippen molar-refractivity contribution in [3.05, 3.63) is 33.9 Å². The topological polar surface area (TPSA) is 99.0 Å². The van der Waals surface area contributed by atoms with Gasteiger partial charge in [0.25, 0.3) is 5.91 Å². The molecule has 0 radical (unpaired) electrons. The van der Waals surface area contributed by atoms with Crippen LogP contribution in [0.25, 0.3) is 0 Å². The number of benzene rings is 1. The Hall–Kier alpha value is -2.64. The lowest BCUT2D eigenvalue weighted by Gasteiger charge is -2.39. The van der Waals surface area contributed by atoms with Crippen molar-refractivity contribution in [2.45, 2.75) is 46.1 Å². The second-order valence-corrected chi connectivity index (χ2v) is 8.96. The first kappa shape index (κ1) is 20.1. The van der Waals surface area contributed by atoms with Gasteiger partial charge in [0.15, 0.2) is 12.4 Å². The average molecular weight is 390 g/mol. The summed E-state index contributed by atoms with van der Waals surface area (Å²) in [6.07, 6.45) is 2.98. The molecule has 1 aromatic carbocycles. The summed E-state index contributed by atoms with van der Waals surface area (Å²) < 4.78 is 10.1. The molecule has 2 aliphatic rings. The van der Waals surface area contributed by atoms with E-state index in [0.29, 0.717) is 6.54 Å². The van der Waals surface area contributed by atoms with Gasteiger partial charge in [0.2, 0.25) is 0 Å². The lowest BCUT2D eigenvalue weighted by molar-refractivity contribution is -0.385. The SMILES string of the molecule is COc1ccc(C(=O)OCC(=O)N2C[C@@]3(C)C[C@@H]2CC(C)(C)C3)cc1[N+](=O)[O-]. The second-order valence-electron chi connectivity index (χ2n) is 8.96. The monoisotopic (exact) mass is 390 g/mol. The Labute approximate surface area is 163 Å². The van der Waals surface area contributed by atoms with Crippen LogP contribution in [0.3, 0.4) is 0 Å². The van der Waals surface area contributed by atoms with Gasteiger partial charge in [0.1, 0.15) is 0 Å². The van der Waals surface area contributed by atoms with Crippen LogP contribution in [0.2, 0.25) is 0 Å². The van der Waals surface area contributed by atoms with Crippen LogP contribution in [0.5, 0.6) is 5.75 Å². The molecule has 0 aromatic heterocycles. The van der Waals surface area contributed by atoms with Crippen LogP contribution in [-0.4, -0.2) is 48.0 Å². The highest BCUT2D eigenvalue weighted by molar-refractivity contribution is 5.92. The molecule has 1 aliphatic heterocycles. The zero-order chi connectivity index (χ0) is 20.7.